The lowest BCUT2D eigenvalue weighted by molar-refractivity contribution is -0.902. The summed E-state index contributed by atoms with van der Waals surface area (Å²) < 4.78 is 31.6. The van der Waals surface area contributed by atoms with Gasteiger partial charge in [-0.2, -0.15) is 0 Å². The summed E-state index contributed by atoms with van der Waals surface area (Å²) in [4.78, 5) is 6.75. The monoisotopic (exact) mass is 116 g/mol. The van der Waals surface area contributed by atoms with Crippen LogP contribution in [-0.4, -0.2) is 16.4 Å². The largest absolute Gasteiger partial charge is 0.727 e. The molecule has 0 saturated carbocycles. The lowest BCUT2D eigenvalue weighted by Gasteiger charge is -1.82. The summed E-state index contributed by atoms with van der Waals surface area (Å²) in [6.07, 6.45) is -5.17. The molecule has 0 radical (unpaired) electrons. The van der Waals surface area contributed by atoms with Crippen molar-refractivity contribution in [3.63, 3.8) is 0 Å². The molecule has 6 heteroatoms. The molecule has 42 valence electrons. The molecule has 0 unspecified atom stereocenters. The average molecular weight is 116 g/mol. The van der Waals surface area contributed by atoms with Crippen molar-refractivity contribution in [1.82, 2.24) is 0 Å². The Balaban J connectivity index is 3.79. The average Bonchev–Trinajstić information content (AvgIpc) is 1.31. The molecule has 7 heavy (non-hydrogen) atoms. The Morgan fingerprint density at radius 3 is 1.57 bits per heavy atom. The fraction of sp³-hybridized carbons (Fsp3) is 1.00. The van der Waals surface area contributed by atoms with Crippen molar-refractivity contribution in [2.75, 3.05) is 0 Å². The molecule has 0 aliphatic heterocycles. The summed E-state index contributed by atoms with van der Waals surface area (Å²) in [5.41, 5.74) is 0. The molecule has 0 fully saturated rings. The summed E-state index contributed by atoms with van der Waals surface area (Å²) in [5, 5.41) is 7.04. The Morgan fingerprint density at radius 2 is 1.57 bits per heavy atom. The van der Waals surface area contributed by atoms with Crippen molar-refractivity contribution >= 4 is 0 Å². The zero-order valence-corrected chi connectivity index (χ0v) is 2.94. The van der Waals surface area contributed by atoms with Crippen LogP contribution in [0.4, 0.5) is 13.2 Å². The molecule has 0 aliphatic rings. The summed E-state index contributed by atoms with van der Waals surface area (Å²) in [5.74, 6) is 0. The standard InChI is InChI=1S/CHF3NO2/c2-1(3,4)5(6)7/h(H,6,7)/q+1. The highest BCUT2D eigenvalue weighted by atomic mass is 19.4. The van der Waals surface area contributed by atoms with Gasteiger partial charge in [-0.05, 0) is 0 Å². The summed E-state index contributed by atoms with van der Waals surface area (Å²) >= 11 is 0. The lowest BCUT2D eigenvalue weighted by atomic mass is 11.2. The first-order valence-corrected chi connectivity index (χ1v) is 1.17. The predicted octanol–water partition coefficient (Wildman–Crippen LogP) is 0.674. The van der Waals surface area contributed by atoms with E-state index in [-0.39, 0.29) is 0 Å². The molecule has 0 rings (SSSR count). The molecule has 1 N–H and O–H groups in total. The molecule has 3 nitrogen and oxygen atoms in total. The van der Waals surface area contributed by atoms with Crippen molar-refractivity contribution in [3.8, 4) is 0 Å². The van der Waals surface area contributed by atoms with E-state index >= 15 is 0 Å². The van der Waals surface area contributed by atoms with Gasteiger partial charge in [0.15, 0.2) is 0 Å². The molecule has 0 saturated heterocycles. The number of halogens is 3. The second-order valence-electron chi connectivity index (χ2n) is 0.741. The van der Waals surface area contributed by atoms with E-state index in [0.29, 0.717) is 0 Å². The number of hydrogen-bond acceptors (Lipinski definition) is 1. The highest BCUT2D eigenvalue weighted by molar-refractivity contribution is 4.09. The van der Waals surface area contributed by atoms with Crippen LogP contribution in [0.1, 0.15) is 0 Å². The van der Waals surface area contributed by atoms with Crippen molar-refractivity contribution < 1.29 is 23.3 Å². The van der Waals surface area contributed by atoms with Gasteiger partial charge in [-0.1, -0.05) is 13.2 Å². The molecular weight excluding hydrogens is 115 g/mol. The zero-order chi connectivity index (χ0) is 6.08. The van der Waals surface area contributed by atoms with Crippen LogP contribution in [0.15, 0.2) is 0 Å². The van der Waals surface area contributed by atoms with Gasteiger partial charge in [0, 0.05) is 0 Å². The SMILES string of the molecule is O=[N+](O)C(F)(F)F. The smallest absolute Gasteiger partial charge is 0.238 e. The highest BCUT2D eigenvalue weighted by Gasteiger charge is 2.51. The number of nitrogens with zero attached hydrogens (tertiary/aromatic N) is 1. The van der Waals surface area contributed by atoms with E-state index in [1.807, 2.05) is 0 Å². The molecule has 0 heterocycles. The molecule has 0 aliphatic carbocycles. The molecule has 0 amide bonds. The summed E-state index contributed by atoms with van der Waals surface area (Å²) in [6.45, 7) is 0. The van der Waals surface area contributed by atoms with Crippen molar-refractivity contribution in [2.24, 2.45) is 0 Å². The third-order valence-corrected chi connectivity index (χ3v) is 0.217. The van der Waals surface area contributed by atoms with Crippen LogP contribution in [0.3, 0.4) is 0 Å². The van der Waals surface area contributed by atoms with Gasteiger partial charge in [-0.15, -0.1) is 0 Å². The van der Waals surface area contributed by atoms with E-state index in [1.165, 1.54) is 0 Å². The molecule has 0 aromatic carbocycles. The Hall–Kier alpha value is -0.810. The van der Waals surface area contributed by atoms with Crippen LogP contribution < -0.4 is 0 Å². The normalized spacial score (nSPS) is 11.3. The third kappa shape index (κ3) is 1.96. The minimum atomic E-state index is -5.17. The lowest BCUT2D eigenvalue weighted by Crippen LogP contribution is -2.22. The van der Waals surface area contributed by atoms with Crippen molar-refractivity contribution in [2.45, 2.75) is 6.30 Å². The first kappa shape index (κ1) is 6.19. The maximum atomic E-state index is 10.5. The van der Waals surface area contributed by atoms with Gasteiger partial charge in [0.25, 0.3) is 0 Å². The topological polar surface area (TPSA) is 40.3 Å². The number of rotatable bonds is 0. The maximum absolute atomic E-state index is 10.5. The first-order chi connectivity index (χ1) is 2.94. The van der Waals surface area contributed by atoms with Gasteiger partial charge >= 0.3 is 11.2 Å². The number of alkyl halides is 3. The highest BCUT2D eigenvalue weighted by Crippen LogP contribution is 2.12. The molecular formula is CHF3NO2+. The molecule has 0 bridgehead atoms. The molecule has 0 aromatic heterocycles. The van der Waals surface area contributed by atoms with Crippen molar-refractivity contribution in [1.29, 1.82) is 0 Å². The summed E-state index contributed by atoms with van der Waals surface area (Å²) in [6, 6.07) is 0. The van der Waals surface area contributed by atoms with Crippen LogP contribution in [0.25, 0.3) is 0 Å². The van der Waals surface area contributed by atoms with Gasteiger partial charge in [-0.3, -0.25) is 0 Å². The van der Waals surface area contributed by atoms with Gasteiger partial charge in [0.2, 0.25) is 0 Å². The fourth-order valence-electron chi connectivity index (χ4n) is 0. The second kappa shape index (κ2) is 1.36. The first-order valence-electron chi connectivity index (χ1n) is 1.17. The number of hydrogen-bond donors (Lipinski definition) is 1. The van der Waals surface area contributed by atoms with Crippen LogP contribution in [0.2, 0.25) is 0 Å². The van der Waals surface area contributed by atoms with E-state index in [9.17, 15) is 13.2 Å². The molecule has 0 aromatic rings. The van der Waals surface area contributed by atoms with Crippen LogP contribution in [-0.2, 0) is 0 Å². The van der Waals surface area contributed by atoms with Gasteiger partial charge < -0.3 is 0 Å². The van der Waals surface area contributed by atoms with Crippen LogP contribution in [0, 0.1) is 4.91 Å². The van der Waals surface area contributed by atoms with E-state index in [1.54, 1.807) is 0 Å². The maximum Gasteiger partial charge on any atom is 0.727 e. The Bertz CT molecular complexity index is 85.4. The molecule has 0 atom stereocenters. The zero-order valence-electron chi connectivity index (χ0n) is 2.94. The Morgan fingerprint density at radius 1 is 1.43 bits per heavy atom. The fourth-order valence-corrected chi connectivity index (χ4v) is 0. The molecule has 0 spiro atoms. The Labute approximate surface area is 35.9 Å². The summed E-state index contributed by atoms with van der Waals surface area (Å²) in [7, 11) is 0. The Kier molecular flexibility index (Phi) is 1.20. The van der Waals surface area contributed by atoms with E-state index in [2.05, 4.69) is 0 Å². The van der Waals surface area contributed by atoms with Gasteiger partial charge in [-0.25, -0.2) is 5.21 Å². The van der Waals surface area contributed by atoms with E-state index in [4.69, 9.17) is 10.1 Å². The van der Waals surface area contributed by atoms with Crippen LogP contribution >= 0.6 is 0 Å². The predicted molar refractivity (Wildman–Crippen MR) is 11.5 cm³/mol. The quantitative estimate of drug-likeness (QED) is 0.373. The van der Waals surface area contributed by atoms with Gasteiger partial charge in [0.1, 0.15) is 0 Å². The minimum absolute atomic E-state index is 2.06. The second-order valence-corrected chi connectivity index (χ2v) is 0.741. The van der Waals surface area contributed by atoms with Crippen LogP contribution in [0.5, 0.6) is 0 Å². The van der Waals surface area contributed by atoms with Gasteiger partial charge in [0.05, 0.1) is 4.91 Å². The third-order valence-electron chi connectivity index (χ3n) is 0.217. The van der Waals surface area contributed by atoms with Crippen molar-refractivity contribution in [3.05, 3.63) is 4.91 Å². The van der Waals surface area contributed by atoms with E-state index < -0.39 is 11.2 Å². The minimum Gasteiger partial charge on any atom is -0.238 e. The van der Waals surface area contributed by atoms with E-state index in [0.717, 1.165) is 0 Å².